The molecular formula is C15H13N5O4. The van der Waals surface area contributed by atoms with Crippen LogP contribution in [0.25, 0.3) is 0 Å². The minimum absolute atomic E-state index is 0.0204. The monoisotopic (exact) mass is 327 g/mol. The van der Waals surface area contributed by atoms with Gasteiger partial charge in [0.1, 0.15) is 5.69 Å². The maximum atomic E-state index is 12.1. The molecule has 9 nitrogen and oxygen atoms in total. The van der Waals surface area contributed by atoms with Gasteiger partial charge in [-0.05, 0) is 24.3 Å². The van der Waals surface area contributed by atoms with E-state index >= 15 is 0 Å². The average Bonchev–Trinajstić information content (AvgIpc) is 3.28. The third-order valence-electron chi connectivity index (χ3n) is 5.82. The van der Waals surface area contributed by atoms with E-state index < -0.39 is 4.92 Å². The SMILES string of the molecule is O=C1NC(=O)[C@H]2[C@@H]3C[C@H]([C@@H]12)[C@@H]1[C@H]3N=NN1c1ccccc1[N+](=O)[O-]. The standard InChI is InChI=1S/C15H13N5O4/c21-14-10-6-5-7(11(10)15(22)16-14)13-12(6)17-18-19(13)8-3-1-2-4-9(8)20(23)24/h1-4,6-7,10-13H,5H2,(H,16,21,22)/t6-,7+,10-,11+,12-,13+/m0/s1. The van der Waals surface area contributed by atoms with Crippen LogP contribution in [-0.2, 0) is 9.59 Å². The second kappa shape index (κ2) is 4.37. The van der Waals surface area contributed by atoms with Crippen LogP contribution < -0.4 is 10.3 Å². The molecule has 2 amide bonds. The van der Waals surface area contributed by atoms with Crippen LogP contribution in [0, 0.1) is 33.8 Å². The number of para-hydroxylation sites is 2. The van der Waals surface area contributed by atoms with Crippen molar-refractivity contribution >= 4 is 23.2 Å². The lowest BCUT2D eigenvalue weighted by Gasteiger charge is -2.33. The normalized spacial score (nSPS) is 38.4. The number of hydrogen-bond donors (Lipinski definition) is 1. The number of nitro benzene ring substituents is 1. The highest BCUT2D eigenvalue weighted by molar-refractivity contribution is 6.06. The first-order valence-electron chi connectivity index (χ1n) is 7.86. The topological polar surface area (TPSA) is 117 Å². The molecule has 2 saturated carbocycles. The van der Waals surface area contributed by atoms with Gasteiger partial charge < -0.3 is 0 Å². The number of anilines is 1. The van der Waals surface area contributed by atoms with Gasteiger partial charge in [-0.15, -0.1) is 0 Å². The fraction of sp³-hybridized carbons (Fsp3) is 0.467. The molecule has 3 fully saturated rings. The minimum atomic E-state index is -0.444. The first-order valence-corrected chi connectivity index (χ1v) is 7.86. The zero-order chi connectivity index (χ0) is 16.6. The Labute approximate surface area is 135 Å². The Balaban J connectivity index is 1.56. The molecule has 4 aliphatic rings. The van der Waals surface area contributed by atoms with E-state index in [1.54, 1.807) is 23.2 Å². The Kier molecular flexibility index (Phi) is 2.47. The molecule has 24 heavy (non-hydrogen) atoms. The predicted octanol–water partition coefficient (Wildman–Crippen LogP) is 1.06. The number of amides is 2. The van der Waals surface area contributed by atoms with Gasteiger partial charge in [0.25, 0.3) is 5.69 Å². The summed E-state index contributed by atoms with van der Waals surface area (Å²) in [5.41, 5.74) is 0.343. The van der Waals surface area contributed by atoms with E-state index in [2.05, 4.69) is 15.7 Å². The zero-order valence-corrected chi connectivity index (χ0v) is 12.4. The smallest absolute Gasteiger partial charge is 0.294 e. The van der Waals surface area contributed by atoms with Crippen molar-refractivity contribution in [2.75, 3.05) is 5.01 Å². The first kappa shape index (κ1) is 13.6. The van der Waals surface area contributed by atoms with Crippen LogP contribution in [0.4, 0.5) is 11.4 Å². The lowest BCUT2D eigenvalue weighted by atomic mass is 9.76. The van der Waals surface area contributed by atoms with Crippen LogP contribution in [0.1, 0.15) is 6.42 Å². The highest BCUT2D eigenvalue weighted by Gasteiger charge is 2.68. The van der Waals surface area contributed by atoms with Gasteiger partial charge in [-0.2, -0.15) is 5.11 Å². The van der Waals surface area contributed by atoms with Crippen LogP contribution in [-0.4, -0.2) is 28.8 Å². The molecule has 1 aromatic rings. The largest absolute Gasteiger partial charge is 0.296 e. The molecule has 0 aromatic heterocycles. The van der Waals surface area contributed by atoms with Crippen molar-refractivity contribution in [3.63, 3.8) is 0 Å². The molecule has 1 aromatic carbocycles. The van der Waals surface area contributed by atoms with Crippen molar-refractivity contribution in [2.45, 2.75) is 18.5 Å². The summed E-state index contributed by atoms with van der Waals surface area (Å²) in [6, 6.07) is 6.00. The molecule has 0 radical (unpaired) electrons. The van der Waals surface area contributed by atoms with E-state index in [1.165, 1.54) is 6.07 Å². The summed E-state index contributed by atoms with van der Waals surface area (Å²) in [5.74, 6) is -1.22. The predicted molar refractivity (Wildman–Crippen MR) is 79.7 cm³/mol. The van der Waals surface area contributed by atoms with Gasteiger partial charge >= 0.3 is 0 Å². The number of nitro groups is 1. The van der Waals surface area contributed by atoms with Crippen LogP contribution in [0.3, 0.4) is 0 Å². The molecule has 5 rings (SSSR count). The molecule has 1 N–H and O–H groups in total. The number of hydrogen-bond acceptors (Lipinski definition) is 7. The van der Waals surface area contributed by atoms with E-state index in [4.69, 9.17) is 0 Å². The fourth-order valence-corrected chi connectivity index (χ4v) is 5.03. The average molecular weight is 327 g/mol. The molecule has 2 aliphatic heterocycles. The van der Waals surface area contributed by atoms with E-state index in [0.717, 1.165) is 6.42 Å². The molecule has 0 unspecified atom stereocenters. The number of benzene rings is 1. The number of rotatable bonds is 2. The summed E-state index contributed by atoms with van der Waals surface area (Å²) in [4.78, 5) is 35.0. The number of nitrogens with zero attached hydrogens (tertiary/aromatic N) is 4. The summed E-state index contributed by atoms with van der Waals surface area (Å²) in [6.07, 6.45) is 0.736. The zero-order valence-electron chi connectivity index (χ0n) is 12.4. The van der Waals surface area contributed by atoms with E-state index in [9.17, 15) is 19.7 Å². The van der Waals surface area contributed by atoms with Gasteiger partial charge in [0.05, 0.1) is 28.8 Å². The van der Waals surface area contributed by atoms with Crippen molar-refractivity contribution in [1.82, 2.24) is 5.32 Å². The van der Waals surface area contributed by atoms with Crippen LogP contribution in [0.2, 0.25) is 0 Å². The second-order valence-corrected chi connectivity index (χ2v) is 6.74. The third kappa shape index (κ3) is 1.49. The van der Waals surface area contributed by atoms with Crippen LogP contribution in [0.15, 0.2) is 34.6 Å². The molecule has 0 spiro atoms. The van der Waals surface area contributed by atoms with Gasteiger partial charge in [0.2, 0.25) is 11.8 Å². The third-order valence-corrected chi connectivity index (χ3v) is 5.82. The van der Waals surface area contributed by atoms with E-state index in [-0.39, 0.29) is 53.3 Å². The minimum Gasteiger partial charge on any atom is -0.296 e. The molecule has 2 aliphatic carbocycles. The summed E-state index contributed by atoms with van der Waals surface area (Å²) in [6.45, 7) is 0. The van der Waals surface area contributed by atoms with Gasteiger partial charge in [-0.25, -0.2) is 5.01 Å². The summed E-state index contributed by atoms with van der Waals surface area (Å²) >= 11 is 0. The lowest BCUT2D eigenvalue weighted by molar-refractivity contribution is -0.384. The highest BCUT2D eigenvalue weighted by atomic mass is 16.6. The Morgan fingerprint density at radius 2 is 1.88 bits per heavy atom. The Bertz CT molecular complexity index is 824. The van der Waals surface area contributed by atoms with Crippen molar-refractivity contribution in [2.24, 2.45) is 34.0 Å². The highest BCUT2D eigenvalue weighted by Crippen LogP contribution is 2.59. The molecule has 122 valence electrons. The van der Waals surface area contributed by atoms with Gasteiger partial charge in [0, 0.05) is 6.07 Å². The van der Waals surface area contributed by atoms with Crippen LogP contribution in [0.5, 0.6) is 0 Å². The number of fused-ring (bicyclic) bond motifs is 8. The quantitative estimate of drug-likeness (QED) is 0.495. The van der Waals surface area contributed by atoms with Crippen molar-refractivity contribution in [3.8, 4) is 0 Å². The molecule has 2 bridgehead atoms. The van der Waals surface area contributed by atoms with Crippen molar-refractivity contribution in [3.05, 3.63) is 34.4 Å². The van der Waals surface area contributed by atoms with E-state index in [0.29, 0.717) is 5.69 Å². The van der Waals surface area contributed by atoms with Gasteiger partial charge in [-0.1, -0.05) is 17.4 Å². The van der Waals surface area contributed by atoms with Crippen molar-refractivity contribution in [1.29, 1.82) is 0 Å². The number of carbonyl (C=O) groups excluding carboxylic acids is 2. The lowest BCUT2D eigenvalue weighted by Crippen LogP contribution is -2.47. The molecule has 6 atom stereocenters. The molecule has 2 heterocycles. The second-order valence-electron chi connectivity index (χ2n) is 6.74. The number of imide groups is 1. The van der Waals surface area contributed by atoms with Gasteiger partial charge in [0.15, 0.2) is 0 Å². The fourth-order valence-electron chi connectivity index (χ4n) is 5.03. The first-order chi connectivity index (χ1) is 11.6. The van der Waals surface area contributed by atoms with Crippen LogP contribution >= 0.6 is 0 Å². The number of carbonyl (C=O) groups is 2. The number of nitrogens with one attached hydrogen (secondary N) is 1. The summed E-state index contributed by atoms with van der Waals surface area (Å²) in [5, 5.41) is 23.8. The molecule has 1 saturated heterocycles. The molecule has 9 heteroatoms. The Hall–Kier alpha value is -2.84. The van der Waals surface area contributed by atoms with E-state index in [1.807, 2.05) is 0 Å². The maximum absolute atomic E-state index is 12.1. The molecular weight excluding hydrogens is 314 g/mol. The summed E-state index contributed by atoms with van der Waals surface area (Å²) in [7, 11) is 0. The van der Waals surface area contributed by atoms with Crippen molar-refractivity contribution < 1.29 is 14.5 Å². The maximum Gasteiger partial charge on any atom is 0.294 e. The van der Waals surface area contributed by atoms with Gasteiger partial charge in [-0.3, -0.25) is 25.0 Å². The Morgan fingerprint density at radius 3 is 2.62 bits per heavy atom. The Morgan fingerprint density at radius 1 is 1.17 bits per heavy atom. The summed E-state index contributed by atoms with van der Waals surface area (Å²) < 4.78 is 0.